The molecular formula is C36H38ClN3O4S. The fourth-order valence-corrected chi connectivity index (χ4v) is 7.29. The Bertz CT molecular complexity index is 1690. The molecule has 0 bridgehead atoms. The van der Waals surface area contributed by atoms with Gasteiger partial charge in [0.25, 0.3) is 10.0 Å². The first-order chi connectivity index (χ1) is 21.7. The Kier molecular flexibility index (Phi) is 10.6. The molecule has 1 saturated carbocycles. The van der Waals surface area contributed by atoms with Gasteiger partial charge in [0.05, 0.1) is 10.6 Å². The lowest BCUT2D eigenvalue weighted by molar-refractivity contribution is -0.140. The maximum Gasteiger partial charge on any atom is 0.264 e. The fraction of sp³-hybridized carbons (Fsp3) is 0.278. The van der Waals surface area contributed by atoms with E-state index in [1.807, 2.05) is 61.5 Å². The second-order valence-corrected chi connectivity index (χ2v) is 13.7. The van der Waals surface area contributed by atoms with Crippen LogP contribution in [0.1, 0.15) is 42.4 Å². The van der Waals surface area contributed by atoms with Crippen LogP contribution in [0.3, 0.4) is 0 Å². The third-order valence-corrected chi connectivity index (χ3v) is 10.3. The normalized spacial score (nSPS) is 14.1. The van der Waals surface area contributed by atoms with Gasteiger partial charge in [0.1, 0.15) is 12.6 Å². The summed E-state index contributed by atoms with van der Waals surface area (Å²) in [5, 5.41) is 3.60. The SMILES string of the molecule is Cc1ccccc1CN(C(=O)CN(c1ccccc1)S(=O)(=O)c1ccc(Cl)cc1)C(Cc1ccccc1)C(=O)NC1CCCC1. The average Bonchev–Trinajstić information content (AvgIpc) is 3.56. The van der Waals surface area contributed by atoms with Crippen LogP contribution in [0.25, 0.3) is 0 Å². The summed E-state index contributed by atoms with van der Waals surface area (Å²) in [6.45, 7) is 1.61. The average molecular weight is 644 g/mol. The Morgan fingerprint density at radius 1 is 0.844 bits per heavy atom. The first-order valence-corrected chi connectivity index (χ1v) is 17.1. The van der Waals surface area contributed by atoms with Crippen molar-refractivity contribution in [3.05, 3.63) is 131 Å². The van der Waals surface area contributed by atoms with E-state index < -0.39 is 28.5 Å². The molecule has 45 heavy (non-hydrogen) atoms. The first kappa shape index (κ1) is 32.3. The lowest BCUT2D eigenvalue weighted by Gasteiger charge is -2.34. The minimum absolute atomic E-state index is 0.00817. The Labute approximate surface area is 270 Å². The van der Waals surface area contributed by atoms with Crippen molar-refractivity contribution in [2.24, 2.45) is 0 Å². The molecular weight excluding hydrogens is 606 g/mol. The maximum atomic E-state index is 14.6. The summed E-state index contributed by atoms with van der Waals surface area (Å²) in [4.78, 5) is 30.2. The van der Waals surface area contributed by atoms with Crippen LogP contribution in [0.15, 0.2) is 114 Å². The number of para-hydroxylation sites is 1. The standard InChI is InChI=1S/C36H38ClN3O4S/c1-27-12-8-9-15-29(27)25-39(34(24-28-13-4-2-5-14-28)36(42)38-31-16-10-11-17-31)35(41)26-40(32-18-6-3-7-19-32)45(43,44)33-22-20-30(37)21-23-33/h2-9,12-15,18-23,31,34H,10-11,16-17,24-26H2,1H3,(H,38,42). The molecule has 1 aliphatic carbocycles. The highest BCUT2D eigenvalue weighted by Crippen LogP contribution is 2.26. The summed E-state index contributed by atoms with van der Waals surface area (Å²) in [7, 11) is -4.18. The van der Waals surface area contributed by atoms with Crippen LogP contribution in [0.5, 0.6) is 0 Å². The molecule has 1 atom stereocenters. The topological polar surface area (TPSA) is 86.8 Å². The van der Waals surface area contributed by atoms with Crippen LogP contribution in [0.4, 0.5) is 5.69 Å². The van der Waals surface area contributed by atoms with Crippen LogP contribution >= 0.6 is 11.6 Å². The second kappa shape index (κ2) is 14.8. The van der Waals surface area contributed by atoms with Crippen molar-refractivity contribution in [2.45, 2.75) is 62.6 Å². The molecule has 9 heteroatoms. The van der Waals surface area contributed by atoms with E-state index in [9.17, 15) is 18.0 Å². The minimum Gasteiger partial charge on any atom is -0.352 e. The van der Waals surface area contributed by atoms with Crippen LogP contribution < -0.4 is 9.62 Å². The van der Waals surface area contributed by atoms with E-state index in [-0.39, 0.29) is 29.8 Å². The summed E-state index contributed by atoms with van der Waals surface area (Å²) in [5.74, 6) is -0.721. The number of carbonyl (C=O) groups excluding carboxylic acids is 2. The molecule has 0 spiro atoms. The lowest BCUT2D eigenvalue weighted by Crippen LogP contribution is -2.54. The first-order valence-electron chi connectivity index (χ1n) is 15.2. The van der Waals surface area contributed by atoms with Gasteiger partial charge in [0.15, 0.2) is 0 Å². The molecule has 1 N–H and O–H groups in total. The number of rotatable bonds is 12. The molecule has 0 aromatic heterocycles. The number of hydrogen-bond donors (Lipinski definition) is 1. The number of nitrogens with zero attached hydrogens (tertiary/aromatic N) is 2. The summed E-state index contributed by atoms with van der Waals surface area (Å²) in [6.07, 6.45) is 4.18. The maximum absolute atomic E-state index is 14.6. The van der Waals surface area contributed by atoms with Gasteiger partial charge in [-0.25, -0.2) is 8.42 Å². The van der Waals surface area contributed by atoms with Gasteiger partial charge in [-0.05, 0) is 72.9 Å². The highest BCUT2D eigenvalue weighted by molar-refractivity contribution is 7.92. The number of benzene rings is 4. The Morgan fingerprint density at radius 2 is 1.44 bits per heavy atom. The third-order valence-electron chi connectivity index (χ3n) is 8.30. The van der Waals surface area contributed by atoms with Gasteiger partial charge in [0.2, 0.25) is 11.8 Å². The van der Waals surface area contributed by atoms with E-state index >= 15 is 0 Å². The van der Waals surface area contributed by atoms with Crippen molar-refractivity contribution < 1.29 is 18.0 Å². The van der Waals surface area contributed by atoms with Crippen LogP contribution in [-0.2, 0) is 32.6 Å². The van der Waals surface area contributed by atoms with Gasteiger partial charge in [-0.2, -0.15) is 0 Å². The smallest absolute Gasteiger partial charge is 0.264 e. The number of aryl methyl sites for hydroxylation is 1. The summed E-state index contributed by atoms with van der Waals surface area (Å²) >= 11 is 6.06. The van der Waals surface area contributed by atoms with Crippen molar-refractivity contribution in [1.82, 2.24) is 10.2 Å². The molecule has 234 valence electrons. The molecule has 0 aliphatic heterocycles. The van der Waals surface area contributed by atoms with E-state index in [2.05, 4.69) is 5.32 Å². The summed E-state index contributed by atoms with van der Waals surface area (Å²) in [5.41, 5.74) is 3.09. The Morgan fingerprint density at radius 3 is 2.09 bits per heavy atom. The lowest BCUT2D eigenvalue weighted by atomic mass is 10.0. The zero-order valence-electron chi connectivity index (χ0n) is 25.3. The van der Waals surface area contributed by atoms with Crippen LogP contribution in [0.2, 0.25) is 5.02 Å². The molecule has 5 rings (SSSR count). The molecule has 0 radical (unpaired) electrons. The van der Waals surface area contributed by atoms with Crippen LogP contribution in [-0.4, -0.2) is 43.8 Å². The molecule has 0 heterocycles. The summed E-state index contributed by atoms with van der Waals surface area (Å²) < 4.78 is 29.3. The molecule has 0 saturated heterocycles. The number of halogens is 1. The molecule has 2 amide bonds. The van der Waals surface area contributed by atoms with Gasteiger partial charge >= 0.3 is 0 Å². The Hall–Kier alpha value is -4.14. The monoisotopic (exact) mass is 643 g/mol. The fourth-order valence-electron chi connectivity index (χ4n) is 5.75. The molecule has 1 unspecified atom stereocenters. The van der Waals surface area contributed by atoms with E-state index in [1.54, 1.807) is 35.2 Å². The third kappa shape index (κ3) is 8.12. The highest BCUT2D eigenvalue weighted by Gasteiger charge is 2.35. The van der Waals surface area contributed by atoms with Crippen molar-refractivity contribution in [2.75, 3.05) is 10.8 Å². The van der Waals surface area contributed by atoms with Crippen molar-refractivity contribution in [3.63, 3.8) is 0 Å². The van der Waals surface area contributed by atoms with Crippen LogP contribution in [0, 0.1) is 6.92 Å². The molecule has 7 nitrogen and oxygen atoms in total. The van der Waals surface area contributed by atoms with Gasteiger partial charge in [-0.3, -0.25) is 13.9 Å². The number of amides is 2. The molecule has 1 fully saturated rings. The Balaban J connectivity index is 1.56. The molecule has 4 aromatic rings. The summed E-state index contributed by atoms with van der Waals surface area (Å²) in [6, 6.07) is 30.9. The van der Waals surface area contributed by atoms with Gasteiger partial charge in [-0.15, -0.1) is 0 Å². The molecule has 1 aliphatic rings. The van der Waals surface area contributed by atoms with Crippen molar-refractivity contribution in [3.8, 4) is 0 Å². The second-order valence-electron chi connectivity index (χ2n) is 11.4. The predicted octanol–water partition coefficient (Wildman–Crippen LogP) is 6.54. The number of sulfonamides is 1. The number of carbonyl (C=O) groups is 2. The highest BCUT2D eigenvalue weighted by atomic mass is 35.5. The predicted molar refractivity (Wildman–Crippen MR) is 178 cm³/mol. The quantitative estimate of drug-likeness (QED) is 0.190. The van der Waals surface area contributed by atoms with Gasteiger partial charge < -0.3 is 10.2 Å². The number of hydrogen-bond acceptors (Lipinski definition) is 4. The van der Waals surface area contributed by atoms with E-state index in [0.29, 0.717) is 10.7 Å². The number of anilines is 1. The molecule has 4 aromatic carbocycles. The zero-order chi connectivity index (χ0) is 31.8. The largest absolute Gasteiger partial charge is 0.352 e. The van der Waals surface area contributed by atoms with Gasteiger partial charge in [0, 0.05) is 24.0 Å². The van der Waals surface area contributed by atoms with E-state index in [0.717, 1.165) is 46.7 Å². The van der Waals surface area contributed by atoms with Crippen molar-refractivity contribution in [1.29, 1.82) is 0 Å². The zero-order valence-corrected chi connectivity index (χ0v) is 26.9. The van der Waals surface area contributed by atoms with Crippen molar-refractivity contribution >= 4 is 39.1 Å². The number of nitrogens with one attached hydrogen (secondary N) is 1. The van der Waals surface area contributed by atoms with Gasteiger partial charge in [-0.1, -0.05) is 97.2 Å². The van der Waals surface area contributed by atoms with E-state index in [4.69, 9.17) is 11.6 Å². The minimum atomic E-state index is -4.18. The van der Waals surface area contributed by atoms with E-state index in [1.165, 1.54) is 24.3 Å².